The van der Waals surface area contributed by atoms with Gasteiger partial charge >= 0.3 is 0 Å². The highest BCUT2D eigenvalue weighted by Gasteiger charge is 2.41. The minimum absolute atomic E-state index is 0.0176. The van der Waals surface area contributed by atoms with E-state index in [9.17, 15) is 14.9 Å². The molecule has 0 radical (unpaired) electrons. The van der Waals surface area contributed by atoms with Gasteiger partial charge in [0.2, 0.25) is 0 Å². The zero-order valence-electron chi connectivity index (χ0n) is 11.8. The number of nitro groups is 1. The van der Waals surface area contributed by atoms with Crippen LogP contribution in [0, 0.1) is 15.5 Å². The molecule has 0 aliphatic heterocycles. The number of nitrogen functional groups attached to an aromatic ring is 1. The molecule has 1 aliphatic rings. The molecule has 0 aromatic heterocycles. The van der Waals surface area contributed by atoms with Gasteiger partial charge in [-0.15, -0.1) is 0 Å². The maximum atomic E-state index is 12.2. The summed E-state index contributed by atoms with van der Waals surface area (Å²) < 4.78 is 0. The molecule has 0 spiro atoms. The van der Waals surface area contributed by atoms with Gasteiger partial charge in [-0.1, -0.05) is 24.9 Å². The molecule has 7 heteroatoms. The third-order valence-electron chi connectivity index (χ3n) is 3.93. The summed E-state index contributed by atoms with van der Waals surface area (Å²) in [5, 5.41) is 13.7. The number of nitrogens with one attached hydrogen (secondary N) is 1. The zero-order chi connectivity index (χ0) is 15.6. The highest BCUT2D eigenvalue weighted by molar-refractivity contribution is 6.34. The lowest BCUT2D eigenvalue weighted by molar-refractivity contribution is -0.384. The van der Waals surface area contributed by atoms with Gasteiger partial charge in [0.25, 0.3) is 11.6 Å². The molecule has 1 aromatic rings. The first-order valence-electron chi connectivity index (χ1n) is 6.90. The summed E-state index contributed by atoms with van der Waals surface area (Å²) in [6, 6.07) is 2.31. The van der Waals surface area contributed by atoms with E-state index in [1.165, 1.54) is 0 Å². The normalized spacial score (nSPS) is 15.5. The molecule has 0 saturated heterocycles. The molecule has 1 aromatic carbocycles. The van der Waals surface area contributed by atoms with Crippen LogP contribution in [0.1, 0.15) is 43.0 Å². The van der Waals surface area contributed by atoms with Crippen LogP contribution in [0.3, 0.4) is 0 Å². The van der Waals surface area contributed by atoms with Crippen LogP contribution in [-0.2, 0) is 0 Å². The lowest BCUT2D eigenvalue weighted by Gasteiger charge is -2.15. The predicted molar refractivity (Wildman–Crippen MR) is 81.4 cm³/mol. The Hall–Kier alpha value is -1.82. The summed E-state index contributed by atoms with van der Waals surface area (Å²) in [6.45, 7) is 2.68. The van der Waals surface area contributed by atoms with Crippen molar-refractivity contribution >= 4 is 28.9 Å². The molecule has 6 nitrogen and oxygen atoms in total. The number of rotatable bonds is 6. The quantitative estimate of drug-likeness (QED) is 0.479. The van der Waals surface area contributed by atoms with Crippen molar-refractivity contribution in [3.8, 4) is 0 Å². The summed E-state index contributed by atoms with van der Waals surface area (Å²) in [7, 11) is 0. The Morgan fingerprint density at radius 3 is 2.71 bits per heavy atom. The average molecular weight is 312 g/mol. The number of benzene rings is 1. The molecule has 0 bridgehead atoms. The summed E-state index contributed by atoms with van der Waals surface area (Å²) in [4.78, 5) is 22.4. The fraction of sp³-hybridized carbons (Fsp3) is 0.500. The van der Waals surface area contributed by atoms with Crippen LogP contribution in [0.4, 0.5) is 11.4 Å². The highest BCUT2D eigenvalue weighted by Crippen LogP contribution is 2.49. The number of halogens is 1. The van der Waals surface area contributed by atoms with Gasteiger partial charge in [-0.25, -0.2) is 0 Å². The number of anilines is 1. The molecular formula is C14H18ClN3O3. The Bertz CT molecular complexity index is 585. The van der Waals surface area contributed by atoms with Crippen LogP contribution in [-0.4, -0.2) is 17.4 Å². The van der Waals surface area contributed by atoms with Crippen molar-refractivity contribution in [2.45, 2.75) is 32.6 Å². The van der Waals surface area contributed by atoms with E-state index >= 15 is 0 Å². The largest absolute Gasteiger partial charge is 0.397 e. The Morgan fingerprint density at radius 1 is 1.52 bits per heavy atom. The van der Waals surface area contributed by atoms with Crippen molar-refractivity contribution in [1.29, 1.82) is 0 Å². The smallest absolute Gasteiger partial charge is 0.271 e. The van der Waals surface area contributed by atoms with Crippen molar-refractivity contribution in [2.75, 3.05) is 12.3 Å². The standard InChI is InChI=1S/C14H18ClN3O3/c1-2-3-14(4-5-14)8-17-13(19)10-6-9(18(20)21)7-11(15)12(10)16/h6-7H,2-5,8,16H2,1H3,(H,17,19). The topological polar surface area (TPSA) is 98.3 Å². The molecule has 1 saturated carbocycles. The maximum Gasteiger partial charge on any atom is 0.271 e. The molecule has 0 heterocycles. The van der Waals surface area contributed by atoms with Gasteiger partial charge in [0.15, 0.2) is 0 Å². The SMILES string of the molecule is CCCC1(CNC(=O)c2cc([N+](=O)[O-])cc(Cl)c2N)CC1. The molecule has 0 atom stereocenters. The Kier molecular flexibility index (Phi) is 4.37. The minimum atomic E-state index is -0.596. The van der Waals surface area contributed by atoms with Crippen LogP contribution >= 0.6 is 11.6 Å². The number of nitrogens with two attached hydrogens (primary N) is 1. The van der Waals surface area contributed by atoms with E-state index in [-0.39, 0.29) is 27.4 Å². The van der Waals surface area contributed by atoms with Crippen molar-refractivity contribution in [3.05, 3.63) is 32.8 Å². The third-order valence-corrected chi connectivity index (χ3v) is 4.24. The lowest BCUT2D eigenvalue weighted by atomic mass is 10.0. The summed E-state index contributed by atoms with van der Waals surface area (Å²) in [5.74, 6) is -0.416. The summed E-state index contributed by atoms with van der Waals surface area (Å²) >= 11 is 5.85. The van der Waals surface area contributed by atoms with Crippen molar-refractivity contribution in [2.24, 2.45) is 5.41 Å². The number of amides is 1. The fourth-order valence-electron chi connectivity index (χ4n) is 2.48. The first kappa shape index (κ1) is 15.6. The molecule has 21 heavy (non-hydrogen) atoms. The number of nitro benzene ring substituents is 1. The number of hydrogen-bond donors (Lipinski definition) is 2. The third kappa shape index (κ3) is 3.44. The van der Waals surface area contributed by atoms with E-state index in [1.807, 2.05) is 0 Å². The van der Waals surface area contributed by atoms with Crippen molar-refractivity contribution < 1.29 is 9.72 Å². The fourth-order valence-corrected chi connectivity index (χ4v) is 2.70. The number of non-ortho nitro benzene ring substituents is 1. The molecule has 1 aliphatic carbocycles. The molecule has 0 unspecified atom stereocenters. The zero-order valence-corrected chi connectivity index (χ0v) is 12.6. The first-order chi connectivity index (χ1) is 9.88. The number of carbonyl (C=O) groups excluding carboxylic acids is 1. The van der Waals surface area contributed by atoms with Gasteiger partial charge in [-0.3, -0.25) is 14.9 Å². The number of nitrogens with zero attached hydrogens (tertiary/aromatic N) is 1. The van der Waals surface area contributed by atoms with E-state index in [0.29, 0.717) is 6.54 Å². The lowest BCUT2D eigenvalue weighted by Crippen LogP contribution is -2.30. The predicted octanol–water partition coefficient (Wildman–Crippen LogP) is 3.14. The number of hydrogen-bond acceptors (Lipinski definition) is 4. The van der Waals surface area contributed by atoms with E-state index in [4.69, 9.17) is 17.3 Å². The second kappa shape index (κ2) is 5.89. The van der Waals surface area contributed by atoms with Gasteiger partial charge in [0.05, 0.1) is 21.2 Å². The Labute approximate surface area is 127 Å². The monoisotopic (exact) mass is 311 g/mol. The average Bonchev–Trinajstić information content (AvgIpc) is 3.19. The molecule has 114 valence electrons. The van der Waals surface area contributed by atoms with E-state index < -0.39 is 10.8 Å². The second-order valence-electron chi connectivity index (χ2n) is 5.58. The van der Waals surface area contributed by atoms with Gasteiger partial charge in [0.1, 0.15) is 0 Å². The molecule has 1 amide bonds. The number of carbonyl (C=O) groups is 1. The molecular weight excluding hydrogens is 294 g/mol. The van der Waals surface area contributed by atoms with Crippen LogP contribution in [0.25, 0.3) is 0 Å². The highest BCUT2D eigenvalue weighted by atomic mass is 35.5. The minimum Gasteiger partial charge on any atom is -0.397 e. The van der Waals surface area contributed by atoms with Crippen LogP contribution in [0.2, 0.25) is 5.02 Å². The van der Waals surface area contributed by atoms with Gasteiger partial charge < -0.3 is 11.1 Å². The van der Waals surface area contributed by atoms with E-state index in [1.54, 1.807) is 0 Å². The van der Waals surface area contributed by atoms with Gasteiger partial charge in [0, 0.05) is 18.7 Å². The van der Waals surface area contributed by atoms with Gasteiger partial charge in [-0.2, -0.15) is 0 Å². The Morgan fingerprint density at radius 2 is 2.19 bits per heavy atom. The van der Waals surface area contributed by atoms with Crippen LogP contribution in [0.5, 0.6) is 0 Å². The maximum absolute atomic E-state index is 12.2. The first-order valence-corrected chi connectivity index (χ1v) is 7.28. The van der Waals surface area contributed by atoms with Crippen LogP contribution in [0.15, 0.2) is 12.1 Å². The van der Waals surface area contributed by atoms with Crippen molar-refractivity contribution in [1.82, 2.24) is 5.32 Å². The Balaban J connectivity index is 2.13. The summed E-state index contributed by atoms with van der Waals surface area (Å²) in [6.07, 6.45) is 4.34. The summed E-state index contributed by atoms with van der Waals surface area (Å²) in [5.41, 5.74) is 5.83. The molecule has 1 fully saturated rings. The van der Waals surface area contributed by atoms with Crippen LogP contribution < -0.4 is 11.1 Å². The second-order valence-corrected chi connectivity index (χ2v) is 5.99. The molecule has 2 rings (SSSR count). The van der Waals surface area contributed by atoms with E-state index in [0.717, 1.165) is 37.8 Å². The van der Waals surface area contributed by atoms with Crippen molar-refractivity contribution in [3.63, 3.8) is 0 Å². The van der Waals surface area contributed by atoms with Gasteiger partial charge in [-0.05, 0) is 24.7 Å². The van der Waals surface area contributed by atoms with E-state index in [2.05, 4.69) is 12.2 Å². The molecule has 3 N–H and O–H groups in total.